The average Bonchev–Trinajstić information content (AvgIpc) is 1.74. The number of carboxylic acids is 1. The number of carboxylic acid groups (broad SMARTS) is 1. The Morgan fingerprint density at radius 1 is 0.536 bits per heavy atom. The minimum Gasteiger partial charge on any atom is -0.508 e. The molecule has 15 amide bonds. The van der Waals surface area contributed by atoms with Gasteiger partial charge in [-0.15, -0.1) is 0 Å². The number of aromatic hydroxyl groups is 1. The van der Waals surface area contributed by atoms with Gasteiger partial charge in [0.15, 0.2) is 0 Å². The van der Waals surface area contributed by atoms with Crippen molar-refractivity contribution in [1.82, 2.24) is 78.1 Å². The highest BCUT2D eigenvalue weighted by atomic mass is 16.5. The molecular formula is C89H136N16O20. The molecule has 125 heavy (non-hydrogen) atoms. The second-order valence-corrected chi connectivity index (χ2v) is 32.9. The van der Waals surface area contributed by atoms with Gasteiger partial charge in [0, 0.05) is 118 Å². The van der Waals surface area contributed by atoms with E-state index in [-0.39, 0.29) is 151 Å². The van der Waals surface area contributed by atoms with E-state index in [0.29, 0.717) is 68.3 Å². The number of hydrogen-bond donors (Lipinski definition) is 14. The lowest BCUT2D eigenvalue weighted by Gasteiger charge is -2.41. The minimum absolute atomic E-state index is 0.00910. The number of benzene rings is 3. The van der Waals surface area contributed by atoms with Gasteiger partial charge in [0.1, 0.15) is 42.0 Å². The summed E-state index contributed by atoms with van der Waals surface area (Å²) in [5.41, 5.74) is 7.08. The summed E-state index contributed by atoms with van der Waals surface area (Å²) in [6, 6.07) is 11.7. The zero-order valence-electron chi connectivity index (χ0n) is 74.8. The number of hydrogen-bond acceptors (Lipinski definition) is 21. The molecule has 36 nitrogen and oxygen atoms in total. The molecule has 2 heterocycles. The van der Waals surface area contributed by atoms with Crippen molar-refractivity contribution in [2.75, 3.05) is 94.9 Å². The molecule has 0 bridgehead atoms. The summed E-state index contributed by atoms with van der Waals surface area (Å²) in [6.07, 6.45) is 2.89. The van der Waals surface area contributed by atoms with E-state index in [4.69, 9.17) is 19.9 Å². The Balaban J connectivity index is 1.32. The molecule has 2 aliphatic rings. The normalized spacial score (nSPS) is 16.3. The highest BCUT2D eigenvalue weighted by Gasteiger charge is 2.45. The van der Waals surface area contributed by atoms with Crippen LogP contribution in [0, 0.1) is 23.7 Å². The van der Waals surface area contributed by atoms with E-state index in [1.165, 1.54) is 45.6 Å². The molecule has 15 N–H and O–H groups in total. The van der Waals surface area contributed by atoms with Gasteiger partial charge >= 0.3 is 12.0 Å². The maximum atomic E-state index is 14.9. The fourth-order valence-electron chi connectivity index (χ4n) is 15.6. The Morgan fingerprint density at radius 2 is 1.05 bits per heavy atom. The standard InChI is InChI=1S/C89H136N16O20/c1-14-57(6)78(103(10)87(119)76(55(2)3)101-86(118)77(56(4)5)102(8)9)70(124-12)54-75(111)104-48-26-34-69(104)79(125-13)58(7)80(112)99-66(51-59-27-17-15-18-28-59)82(114)94-46-41-72(108)96-67(52-60-29-19-16-20-30-60)85(117)98-65(33-25-45-95-89(90)122)83(115)97-64(84(116)100-68(88(120)121)53-61-35-37-62(106)38-36-61)32-22-24-44-93-81(113)63(31-21-23-43-92-71(107)42-50-123-11)91-47-49-105-73(109)39-40-74(105)110/h15-20,27-30,35-40,55-58,63-70,76-79,91,106H,14,21-26,31-34,41-54H2,1-13H3,(H,92,107)(H,93,113)(H,94,114)(H,96,108)(H,97,115)(H,98,117)(H,99,112)(H,100,116)(H,101,118)(H,120,121)(H3,90,95,122)/t57-,58+,63-,64-,65-,66-,67-,68-,69-,70+,76-,77-,78-,79+/m0/s1. The summed E-state index contributed by atoms with van der Waals surface area (Å²) in [7, 11) is 9.73. The number of nitrogens with one attached hydrogen (secondary N) is 11. The van der Waals surface area contributed by atoms with Crippen LogP contribution >= 0.6 is 0 Å². The van der Waals surface area contributed by atoms with Gasteiger partial charge in [-0.05, 0) is 125 Å². The molecule has 3 aromatic carbocycles. The molecule has 0 aromatic heterocycles. The summed E-state index contributed by atoms with van der Waals surface area (Å²) >= 11 is 0. The van der Waals surface area contributed by atoms with Crippen molar-refractivity contribution >= 4 is 88.8 Å². The summed E-state index contributed by atoms with van der Waals surface area (Å²) in [4.78, 5) is 212. The van der Waals surface area contributed by atoms with E-state index >= 15 is 0 Å². The second-order valence-electron chi connectivity index (χ2n) is 32.9. The number of aliphatic carboxylic acids is 1. The van der Waals surface area contributed by atoms with E-state index in [1.54, 1.807) is 84.4 Å². The second kappa shape index (κ2) is 54.7. The zero-order valence-corrected chi connectivity index (χ0v) is 74.8. The molecule has 1 saturated heterocycles. The first kappa shape index (κ1) is 105. The molecule has 14 atom stereocenters. The van der Waals surface area contributed by atoms with E-state index in [0.717, 1.165) is 17.1 Å². The van der Waals surface area contributed by atoms with Gasteiger partial charge in [0.05, 0.1) is 55.3 Å². The first-order chi connectivity index (χ1) is 59.5. The number of phenols is 1. The van der Waals surface area contributed by atoms with Crippen LogP contribution < -0.4 is 64.2 Å². The van der Waals surface area contributed by atoms with E-state index in [2.05, 4.69) is 58.5 Å². The summed E-state index contributed by atoms with van der Waals surface area (Å²) in [6.45, 7) is 13.9. The van der Waals surface area contributed by atoms with Crippen LogP contribution in [0.15, 0.2) is 97.1 Å². The smallest absolute Gasteiger partial charge is 0.326 e. The predicted molar refractivity (Wildman–Crippen MR) is 467 cm³/mol. The SMILES string of the molecule is CC[C@H](C)[C@@H]([C@@H](CC(=O)N1CCC[C@H]1[C@H](OC)[C@@H](C)C(=O)N[C@@H](Cc1ccccc1)C(=O)NCCC(=O)N[C@@H](Cc1ccccc1)C(=O)N[C@@H](CCCNC(N)=O)C(=O)N[C@@H](CCCCNC(=O)[C@H](CCCCNC(=O)CCOC)NCCN1C(=O)C=CC1=O)C(=O)N[C@@H](Cc1ccc(O)cc1)C(=O)O)OC)N(C)C(=O)[C@@H](NC(=O)[C@H](C(C)C)N(C)C)C(C)C. The zero-order chi connectivity index (χ0) is 92.4. The minimum atomic E-state index is -1.56. The monoisotopic (exact) mass is 1750 g/mol. The highest BCUT2D eigenvalue weighted by Crippen LogP contribution is 2.31. The number of primary amides is 1. The molecule has 1 fully saturated rings. The average molecular weight is 1750 g/mol. The summed E-state index contributed by atoms with van der Waals surface area (Å²) in [5, 5.41) is 51.0. The maximum absolute atomic E-state index is 14.9. The third kappa shape index (κ3) is 35.2. The number of imide groups is 1. The van der Waals surface area contributed by atoms with Crippen LogP contribution in [0.1, 0.15) is 155 Å². The fourth-order valence-corrected chi connectivity index (χ4v) is 15.6. The first-order valence-electron chi connectivity index (χ1n) is 43.3. The number of nitrogens with zero attached hydrogens (tertiary/aromatic N) is 4. The van der Waals surface area contributed by atoms with Crippen LogP contribution in [0.3, 0.4) is 0 Å². The van der Waals surface area contributed by atoms with Crippen molar-refractivity contribution in [2.24, 2.45) is 29.4 Å². The van der Waals surface area contributed by atoms with Crippen LogP contribution in [0.2, 0.25) is 0 Å². The molecule has 692 valence electrons. The Kier molecular flexibility index (Phi) is 45.8. The molecule has 0 radical (unpaired) electrons. The van der Waals surface area contributed by atoms with Gasteiger partial charge in [-0.25, -0.2) is 9.59 Å². The fraction of sp³-hybridized carbons (Fsp3) is 0.607. The molecular weight excluding hydrogens is 1610 g/mol. The lowest BCUT2D eigenvalue weighted by atomic mass is 9.89. The highest BCUT2D eigenvalue weighted by molar-refractivity contribution is 6.13. The van der Waals surface area contributed by atoms with E-state index < -0.39 is 150 Å². The number of methoxy groups -OCH3 is 3. The topological polar surface area (TPSA) is 496 Å². The van der Waals surface area contributed by atoms with Gasteiger partial charge in [0.25, 0.3) is 11.8 Å². The molecule has 0 unspecified atom stereocenters. The summed E-state index contributed by atoms with van der Waals surface area (Å²) in [5.74, 6) is -10.2. The number of likely N-dealkylation sites (N-methyl/N-ethyl adjacent to an activating group) is 2. The maximum Gasteiger partial charge on any atom is 0.326 e. The Labute approximate surface area is 734 Å². The van der Waals surface area contributed by atoms with Crippen LogP contribution in [0.4, 0.5) is 4.79 Å². The molecule has 36 heteroatoms. The number of rotatable bonds is 58. The quantitative estimate of drug-likeness (QED) is 0.0284. The number of carbonyl (C=O) groups excluding carboxylic acids is 14. The molecule has 2 aliphatic heterocycles. The van der Waals surface area contributed by atoms with E-state index in [9.17, 15) is 82.1 Å². The Morgan fingerprint density at radius 3 is 1.58 bits per heavy atom. The van der Waals surface area contributed by atoms with Crippen LogP contribution in [-0.2, 0) is 101 Å². The lowest BCUT2D eigenvalue weighted by molar-refractivity contribution is -0.148. The first-order valence-corrected chi connectivity index (χ1v) is 43.3. The van der Waals surface area contributed by atoms with Crippen molar-refractivity contribution < 1.29 is 96.3 Å². The van der Waals surface area contributed by atoms with Gasteiger partial charge < -0.3 is 98.4 Å². The number of ether oxygens (including phenoxy) is 3. The number of phenolic OH excluding ortho intramolecular Hbond substituents is 1. The third-order valence-corrected chi connectivity index (χ3v) is 22.6. The number of unbranched alkanes of at least 4 members (excludes halogenated alkanes) is 2. The molecule has 0 spiro atoms. The number of nitrogens with two attached hydrogens (primary N) is 1. The number of urea groups is 1. The predicted octanol–water partition coefficient (Wildman–Crippen LogP) is 2.02. The molecule has 0 saturated carbocycles. The van der Waals surface area contributed by atoms with Crippen molar-refractivity contribution in [3.63, 3.8) is 0 Å². The Hall–Kier alpha value is -10.9. The van der Waals surface area contributed by atoms with Crippen molar-refractivity contribution in [1.29, 1.82) is 0 Å². The van der Waals surface area contributed by atoms with Crippen molar-refractivity contribution in [3.8, 4) is 5.75 Å². The third-order valence-electron chi connectivity index (χ3n) is 22.6. The largest absolute Gasteiger partial charge is 0.508 e. The van der Waals surface area contributed by atoms with Gasteiger partial charge in [-0.2, -0.15) is 0 Å². The Bertz CT molecular complexity index is 4000. The molecule has 5 rings (SSSR count). The molecule has 0 aliphatic carbocycles. The number of carbonyl (C=O) groups is 15. The van der Waals surface area contributed by atoms with Crippen LogP contribution in [0.25, 0.3) is 0 Å². The van der Waals surface area contributed by atoms with Gasteiger partial charge in [-0.1, -0.05) is 128 Å². The number of amides is 15. The van der Waals surface area contributed by atoms with Crippen molar-refractivity contribution in [3.05, 3.63) is 114 Å². The van der Waals surface area contributed by atoms with Gasteiger partial charge in [-0.3, -0.25) is 72.1 Å². The number of likely N-dealkylation sites (tertiary alicyclic amines) is 1. The van der Waals surface area contributed by atoms with Gasteiger partial charge in [0.2, 0.25) is 65.0 Å². The van der Waals surface area contributed by atoms with E-state index in [1.807, 2.05) is 60.5 Å². The van der Waals surface area contributed by atoms with Crippen LogP contribution in [0.5, 0.6) is 5.75 Å². The van der Waals surface area contributed by atoms with Crippen LogP contribution in [-0.4, -0.2) is 286 Å². The lowest BCUT2D eigenvalue weighted by Crippen LogP contribution is -2.59. The van der Waals surface area contributed by atoms with Crippen molar-refractivity contribution in [2.45, 2.75) is 230 Å². The molecule has 3 aromatic rings. The summed E-state index contributed by atoms with van der Waals surface area (Å²) < 4.78 is 17.2.